The first-order valence-electron chi connectivity index (χ1n) is 9.33. The summed E-state index contributed by atoms with van der Waals surface area (Å²) in [6, 6.07) is 3.81. The number of hydrogen-bond acceptors (Lipinski definition) is 3. The SMILES string of the molecule is O=C(CCc1ccco1)NCC1(N2CCCCC2)CCCCC1. The molecule has 23 heavy (non-hydrogen) atoms. The Morgan fingerprint density at radius 3 is 2.57 bits per heavy atom. The number of nitrogens with zero attached hydrogens (tertiary/aromatic N) is 1. The lowest BCUT2D eigenvalue weighted by atomic mass is 9.79. The summed E-state index contributed by atoms with van der Waals surface area (Å²) < 4.78 is 5.31. The fourth-order valence-corrected chi connectivity index (χ4v) is 4.23. The summed E-state index contributed by atoms with van der Waals surface area (Å²) in [5.74, 6) is 1.05. The van der Waals surface area contributed by atoms with Gasteiger partial charge in [-0.25, -0.2) is 0 Å². The topological polar surface area (TPSA) is 45.5 Å². The van der Waals surface area contributed by atoms with Crippen LogP contribution in [0.5, 0.6) is 0 Å². The normalized spacial score (nSPS) is 21.9. The predicted octanol–water partition coefficient (Wildman–Crippen LogP) is 3.52. The summed E-state index contributed by atoms with van der Waals surface area (Å²) in [4.78, 5) is 14.9. The van der Waals surface area contributed by atoms with Crippen molar-refractivity contribution in [2.24, 2.45) is 0 Å². The van der Waals surface area contributed by atoms with E-state index in [2.05, 4.69) is 10.2 Å². The molecular formula is C19H30N2O2. The van der Waals surface area contributed by atoms with Gasteiger partial charge in [0.05, 0.1) is 6.26 Å². The summed E-state index contributed by atoms with van der Waals surface area (Å²) in [6.45, 7) is 3.24. The number of piperidine rings is 1. The Morgan fingerprint density at radius 2 is 1.87 bits per heavy atom. The Bertz CT molecular complexity index is 472. The number of carbonyl (C=O) groups is 1. The Morgan fingerprint density at radius 1 is 1.13 bits per heavy atom. The van der Waals surface area contributed by atoms with E-state index in [1.807, 2.05) is 12.1 Å². The highest BCUT2D eigenvalue weighted by Crippen LogP contribution is 2.35. The molecular weight excluding hydrogens is 288 g/mol. The largest absolute Gasteiger partial charge is 0.469 e. The highest BCUT2D eigenvalue weighted by molar-refractivity contribution is 5.76. The van der Waals surface area contributed by atoms with Crippen molar-refractivity contribution in [2.75, 3.05) is 19.6 Å². The molecule has 4 heteroatoms. The molecule has 1 N–H and O–H groups in total. The first-order valence-corrected chi connectivity index (χ1v) is 9.33. The van der Waals surface area contributed by atoms with Crippen molar-refractivity contribution in [3.05, 3.63) is 24.2 Å². The minimum atomic E-state index is 0.156. The van der Waals surface area contributed by atoms with Gasteiger partial charge in [-0.2, -0.15) is 0 Å². The van der Waals surface area contributed by atoms with Crippen LogP contribution in [0.4, 0.5) is 0 Å². The summed E-state index contributed by atoms with van der Waals surface area (Å²) in [6.07, 6.45) is 13.3. The molecule has 1 saturated heterocycles. The number of amides is 1. The van der Waals surface area contributed by atoms with Crippen LogP contribution in [0.15, 0.2) is 22.8 Å². The van der Waals surface area contributed by atoms with Crippen LogP contribution in [-0.2, 0) is 11.2 Å². The average molecular weight is 318 g/mol. The molecule has 0 radical (unpaired) electrons. The standard InChI is InChI=1S/C19H30N2O2/c22-18(10-9-17-8-7-15-23-17)20-16-19(11-3-1-4-12-19)21-13-5-2-6-14-21/h7-8,15H,1-6,9-14,16H2,(H,20,22). The van der Waals surface area contributed by atoms with Gasteiger partial charge in [0.25, 0.3) is 0 Å². The van der Waals surface area contributed by atoms with Gasteiger partial charge in [0.2, 0.25) is 5.91 Å². The maximum absolute atomic E-state index is 12.2. The fourth-order valence-electron chi connectivity index (χ4n) is 4.23. The van der Waals surface area contributed by atoms with Crippen molar-refractivity contribution in [3.8, 4) is 0 Å². The molecule has 0 atom stereocenters. The van der Waals surface area contributed by atoms with E-state index in [0.29, 0.717) is 12.8 Å². The Hall–Kier alpha value is -1.29. The van der Waals surface area contributed by atoms with E-state index in [1.165, 1.54) is 64.5 Å². The van der Waals surface area contributed by atoms with Crippen molar-refractivity contribution < 1.29 is 9.21 Å². The Balaban J connectivity index is 1.52. The summed E-state index contributed by atoms with van der Waals surface area (Å²) in [5.41, 5.74) is 0.221. The molecule has 1 aromatic heterocycles. The van der Waals surface area contributed by atoms with Crippen molar-refractivity contribution >= 4 is 5.91 Å². The lowest BCUT2D eigenvalue weighted by Crippen LogP contribution is -2.58. The van der Waals surface area contributed by atoms with Crippen molar-refractivity contribution in [2.45, 2.75) is 69.7 Å². The van der Waals surface area contributed by atoms with Crippen LogP contribution in [0.1, 0.15) is 63.5 Å². The van der Waals surface area contributed by atoms with Gasteiger partial charge in [-0.15, -0.1) is 0 Å². The second-order valence-electron chi connectivity index (χ2n) is 7.19. The van der Waals surface area contributed by atoms with E-state index in [-0.39, 0.29) is 11.4 Å². The molecule has 1 aliphatic carbocycles. The van der Waals surface area contributed by atoms with Crippen LogP contribution >= 0.6 is 0 Å². The Kier molecular flexibility index (Phi) is 5.76. The number of likely N-dealkylation sites (tertiary alicyclic amines) is 1. The number of aryl methyl sites for hydroxylation is 1. The van der Waals surface area contributed by atoms with Crippen LogP contribution in [-0.4, -0.2) is 36.0 Å². The fraction of sp³-hybridized carbons (Fsp3) is 0.737. The third-order valence-electron chi connectivity index (χ3n) is 5.60. The number of hydrogen-bond donors (Lipinski definition) is 1. The zero-order chi connectivity index (χ0) is 16.0. The summed E-state index contributed by atoms with van der Waals surface area (Å²) in [7, 11) is 0. The lowest BCUT2D eigenvalue weighted by Gasteiger charge is -2.48. The molecule has 0 aromatic carbocycles. The second kappa shape index (κ2) is 8.00. The number of nitrogens with one attached hydrogen (secondary N) is 1. The zero-order valence-corrected chi connectivity index (χ0v) is 14.2. The molecule has 1 aliphatic heterocycles. The van der Waals surface area contributed by atoms with Crippen LogP contribution in [0.3, 0.4) is 0 Å². The van der Waals surface area contributed by atoms with Crippen molar-refractivity contribution in [3.63, 3.8) is 0 Å². The second-order valence-corrected chi connectivity index (χ2v) is 7.19. The minimum Gasteiger partial charge on any atom is -0.469 e. The maximum Gasteiger partial charge on any atom is 0.220 e. The predicted molar refractivity (Wildman–Crippen MR) is 91.3 cm³/mol. The molecule has 1 amide bonds. The molecule has 128 valence electrons. The molecule has 3 rings (SSSR count). The molecule has 2 heterocycles. The number of carbonyl (C=O) groups excluding carboxylic acids is 1. The van der Waals surface area contributed by atoms with E-state index < -0.39 is 0 Å². The lowest BCUT2D eigenvalue weighted by molar-refractivity contribution is -0.122. The third-order valence-corrected chi connectivity index (χ3v) is 5.60. The monoisotopic (exact) mass is 318 g/mol. The summed E-state index contributed by atoms with van der Waals surface area (Å²) >= 11 is 0. The highest BCUT2D eigenvalue weighted by atomic mass is 16.3. The maximum atomic E-state index is 12.2. The third kappa shape index (κ3) is 4.37. The number of furan rings is 1. The van der Waals surface area contributed by atoms with Crippen LogP contribution < -0.4 is 5.32 Å². The molecule has 1 saturated carbocycles. The number of rotatable bonds is 6. The van der Waals surface area contributed by atoms with Gasteiger partial charge in [-0.1, -0.05) is 25.7 Å². The van der Waals surface area contributed by atoms with E-state index in [4.69, 9.17) is 4.42 Å². The molecule has 4 nitrogen and oxygen atoms in total. The summed E-state index contributed by atoms with van der Waals surface area (Å²) in [5, 5.41) is 3.23. The first kappa shape index (κ1) is 16.6. The van der Waals surface area contributed by atoms with Crippen LogP contribution in [0.25, 0.3) is 0 Å². The van der Waals surface area contributed by atoms with Gasteiger partial charge in [-0.3, -0.25) is 9.69 Å². The molecule has 2 fully saturated rings. The van der Waals surface area contributed by atoms with Crippen molar-refractivity contribution in [1.29, 1.82) is 0 Å². The quantitative estimate of drug-likeness (QED) is 0.873. The smallest absolute Gasteiger partial charge is 0.220 e. The van der Waals surface area contributed by atoms with Gasteiger partial charge in [0.1, 0.15) is 5.76 Å². The minimum absolute atomic E-state index is 0.156. The highest BCUT2D eigenvalue weighted by Gasteiger charge is 2.38. The van der Waals surface area contributed by atoms with Crippen LogP contribution in [0.2, 0.25) is 0 Å². The van der Waals surface area contributed by atoms with E-state index >= 15 is 0 Å². The van der Waals surface area contributed by atoms with Gasteiger partial charge in [0.15, 0.2) is 0 Å². The van der Waals surface area contributed by atoms with Gasteiger partial charge >= 0.3 is 0 Å². The molecule has 0 bridgehead atoms. The molecule has 0 unspecified atom stereocenters. The Labute approximate surface area is 139 Å². The van der Waals surface area contributed by atoms with Crippen LogP contribution in [0, 0.1) is 0 Å². The molecule has 1 aromatic rings. The molecule has 2 aliphatic rings. The van der Waals surface area contributed by atoms with Crippen molar-refractivity contribution in [1.82, 2.24) is 10.2 Å². The van der Waals surface area contributed by atoms with E-state index in [1.54, 1.807) is 6.26 Å². The average Bonchev–Trinajstić information content (AvgIpc) is 3.13. The van der Waals surface area contributed by atoms with Gasteiger partial charge in [0, 0.05) is 24.9 Å². The van der Waals surface area contributed by atoms with Gasteiger partial charge in [-0.05, 0) is 50.9 Å². The zero-order valence-electron chi connectivity index (χ0n) is 14.2. The molecule has 0 spiro atoms. The van der Waals surface area contributed by atoms with Gasteiger partial charge < -0.3 is 9.73 Å². The van der Waals surface area contributed by atoms with E-state index in [0.717, 1.165) is 12.3 Å². The van der Waals surface area contributed by atoms with E-state index in [9.17, 15) is 4.79 Å². The first-order chi connectivity index (χ1) is 11.3.